The monoisotopic (exact) mass is 199 g/mol. The Labute approximate surface area is 70.1 Å². The summed E-state index contributed by atoms with van der Waals surface area (Å²) in [4.78, 5) is 0. The van der Waals surface area contributed by atoms with Gasteiger partial charge in [0.1, 0.15) is 5.75 Å². The second kappa shape index (κ2) is 3.66. The van der Waals surface area contributed by atoms with Gasteiger partial charge < -0.3 is 5.32 Å². The second-order valence-electron chi connectivity index (χ2n) is 2.99. The lowest BCUT2D eigenvalue weighted by Crippen LogP contribution is -2.46. The van der Waals surface area contributed by atoms with Crippen molar-refractivity contribution in [2.24, 2.45) is 5.92 Å². The lowest BCUT2D eigenvalue weighted by Gasteiger charge is -2.26. The van der Waals surface area contributed by atoms with Crippen LogP contribution in [0.15, 0.2) is 0 Å². The Bertz CT molecular complexity index is 236. The van der Waals surface area contributed by atoms with Crippen LogP contribution in [0, 0.1) is 5.92 Å². The molecule has 12 heavy (non-hydrogen) atoms. The zero-order chi connectivity index (χ0) is 9.19. The average molecular weight is 199 g/mol. The van der Waals surface area contributed by atoms with E-state index in [1.165, 1.54) is 0 Å². The Morgan fingerprint density at radius 1 is 1.42 bits per heavy atom. The van der Waals surface area contributed by atoms with E-state index in [1.807, 2.05) is 0 Å². The molecule has 0 radical (unpaired) electrons. The first-order chi connectivity index (χ1) is 5.49. The molecule has 1 aliphatic heterocycles. The molecule has 1 rings (SSSR count). The topological polar surface area (TPSA) is 46.2 Å². The molecule has 0 atom stereocenters. The van der Waals surface area contributed by atoms with Gasteiger partial charge in [-0.15, -0.1) is 0 Å². The third kappa shape index (κ3) is 3.02. The highest BCUT2D eigenvalue weighted by Crippen LogP contribution is 2.09. The SMILES string of the molecule is O=S(=O)(CC(F)F)CC1CNC1. The van der Waals surface area contributed by atoms with Crippen LogP contribution in [0.1, 0.15) is 0 Å². The fraction of sp³-hybridized carbons (Fsp3) is 1.00. The van der Waals surface area contributed by atoms with Gasteiger partial charge in [0.25, 0.3) is 6.43 Å². The summed E-state index contributed by atoms with van der Waals surface area (Å²) in [5, 5.41) is 2.89. The van der Waals surface area contributed by atoms with Crippen LogP contribution in [-0.4, -0.2) is 39.4 Å². The van der Waals surface area contributed by atoms with Gasteiger partial charge in [0.05, 0.1) is 5.75 Å². The molecule has 3 nitrogen and oxygen atoms in total. The van der Waals surface area contributed by atoms with Crippen molar-refractivity contribution in [3.63, 3.8) is 0 Å². The number of hydrogen-bond donors (Lipinski definition) is 1. The molecule has 1 aliphatic rings. The number of halogens is 2. The first-order valence-corrected chi connectivity index (χ1v) is 5.51. The summed E-state index contributed by atoms with van der Waals surface area (Å²) in [7, 11) is -3.53. The summed E-state index contributed by atoms with van der Waals surface area (Å²) < 4.78 is 45.3. The lowest BCUT2D eigenvalue weighted by atomic mass is 10.1. The third-order valence-electron chi connectivity index (χ3n) is 1.74. The van der Waals surface area contributed by atoms with E-state index in [0.29, 0.717) is 13.1 Å². The molecule has 0 saturated carbocycles. The molecule has 0 aliphatic carbocycles. The molecule has 0 aromatic heterocycles. The number of sulfone groups is 1. The van der Waals surface area contributed by atoms with E-state index in [1.54, 1.807) is 0 Å². The van der Waals surface area contributed by atoms with Gasteiger partial charge in [-0.2, -0.15) is 0 Å². The van der Waals surface area contributed by atoms with Crippen LogP contribution in [0.5, 0.6) is 0 Å². The average Bonchev–Trinajstić information content (AvgIpc) is 1.76. The van der Waals surface area contributed by atoms with Crippen molar-refractivity contribution in [2.75, 3.05) is 24.6 Å². The molecule has 0 bridgehead atoms. The molecule has 0 amide bonds. The van der Waals surface area contributed by atoms with Gasteiger partial charge in [-0.3, -0.25) is 0 Å². The molecule has 0 aromatic carbocycles. The van der Waals surface area contributed by atoms with E-state index < -0.39 is 22.0 Å². The van der Waals surface area contributed by atoms with Gasteiger partial charge >= 0.3 is 0 Å². The minimum atomic E-state index is -3.53. The Balaban J connectivity index is 2.37. The molecule has 1 saturated heterocycles. The van der Waals surface area contributed by atoms with Gasteiger partial charge in [0.15, 0.2) is 9.84 Å². The summed E-state index contributed by atoms with van der Waals surface area (Å²) in [6, 6.07) is 0. The van der Waals surface area contributed by atoms with Crippen LogP contribution >= 0.6 is 0 Å². The molecule has 1 heterocycles. The van der Waals surface area contributed by atoms with Crippen molar-refractivity contribution < 1.29 is 17.2 Å². The van der Waals surface area contributed by atoms with Crippen molar-refractivity contribution in [2.45, 2.75) is 6.43 Å². The van der Waals surface area contributed by atoms with E-state index in [9.17, 15) is 17.2 Å². The highest BCUT2D eigenvalue weighted by atomic mass is 32.2. The Morgan fingerprint density at radius 2 is 2.00 bits per heavy atom. The fourth-order valence-electron chi connectivity index (χ4n) is 1.09. The van der Waals surface area contributed by atoms with E-state index >= 15 is 0 Å². The highest BCUT2D eigenvalue weighted by molar-refractivity contribution is 7.91. The number of rotatable bonds is 4. The van der Waals surface area contributed by atoms with Crippen LogP contribution in [0.3, 0.4) is 0 Å². The van der Waals surface area contributed by atoms with Gasteiger partial charge in [-0.05, 0) is 5.92 Å². The molecule has 0 aromatic rings. The maximum absolute atomic E-state index is 11.7. The minimum absolute atomic E-state index is 0.0359. The van der Waals surface area contributed by atoms with Crippen molar-refractivity contribution in [1.82, 2.24) is 5.32 Å². The normalized spacial score (nSPS) is 19.6. The summed E-state index contributed by atoms with van der Waals surface area (Å²) in [5.41, 5.74) is 0. The molecular weight excluding hydrogens is 188 g/mol. The number of hydrogen-bond acceptors (Lipinski definition) is 3. The Hall–Kier alpha value is -0.230. The zero-order valence-electron chi connectivity index (χ0n) is 6.46. The van der Waals surface area contributed by atoms with E-state index in [-0.39, 0.29) is 11.7 Å². The molecule has 1 fully saturated rings. The van der Waals surface area contributed by atoms with Crippen molar-refractivity contribution in [3.05, 3.63) is 0 Å². The third-order valence-corrected chi connectivity index (χ3v) is 3.47. The molecule has 0 spiro atoms. The van der Waals surface area contributed by atoms with Gasteiger partial charge in [-0.25, -0.2) is 17.2 Å². The van der Waals surface area contributed by atoms with Crippen molar-refractivity contribution in [1.29, 1.82) is 0 Å². The predicted octanol–water partition coefficient (Wildman–Crippen LogP) is -0.114. The summed E-state index contributed by atoms with van der Waals surface area (Å²) >= 11 is 0. The zero-order valence-corrected chi connectivity index (χ0v) is 7.28. The number of alkyl halides is 2. The lowest BCUT2D eigenvalue weighted by molar-refractivity contribution is 0.174. The molecule has 72 valence electrons. The fourth-order valence-corrected chi connectivity index (χ4v) is 2.56. The van der Waals surface area contributed by atoms with Crippen LogP contribution in [0.4, 0.5) is 8.78 Å². The molecule has 6 heteroatoms. The van der Waals surface area contributed by atoms with Crippen LogP contribution in [-0.2, 0) is 9.84 Å². The van der Waals surface area contributed by atoms with E-state index in [2.05, 4.69) is 5.32 Å². The Morgan fingerprint density at radius 3 is 2.33 bits per heavy atom. The van der Waals surface area contributed by atoms with E-state index in [4.69, 9.17) is 0 Å². The largest absolute Gasteiger partial charge is 0.316 e. The van der Waals surface area contributed by atoms with E-state index in [0.717, 1.165) is 0 Å². The molecule has 1 N–H and O–H groups in total. The summed E-state index contributed by atoms with van der Waals surface area (Å²) in [5.74, 6) is -1.07. The van der Waals surface area contributed by atoms with Crippen molar-refractivity contribution >= 4 is 9.84 Å². The van der Waals surface area contributed by atoms with Gasteiger partial charge in [-0.1, -0.05) is 0 Å². The predicted molar refractivity (Wildman–Crippen MR) is 41.0 cm³/mol. The Kier molecular flexibility index (Phi) is 3.00. The smallest absolute Gasteiger partial charge is 0.252 e. The van der Waals surface area contributed by atoms with Gasteiger partial charge in [0, 0.05) is 13.1 Å². The summed E-state index contributed by atoms with van der Waals surface area (Å²) in [6.07, 6.45) is -2.75. The quantitative estimate of drug-likeness (QED) is 0.687. The molecular formula is C6H11F2NO2S. The van der Waals surface area contributed by atoms with Gasteiger partial charge in [0.2, 0.25) is 0 Å². The second-order valence-corrected chi connectivity index (χ2v) is 5.15. The van der Waals surface area contributed by atoms with Crippen molar-refractivity contribution in [3.8, 4) is 0 Å². The number of nitrogens with one attached hydrogen (secondary N) is 1. The summed E-state index contributed by atoms with van der Waals surface area (Å²) in [6.45, 7) is 1.25. The molecule has 0 unspecified atom stereocenters. The maximum Gasteiger partial charge on any atom is 0.252 e. The minimum Gasteiger partial charge on any atom is -0.316 e. The maximum atomic E-state index is 11.7. The standard InChI is InChI=1S/C6H11F2NO2S/c7-6(8)4-12(10,11)3-5-1-9-2-5/h5-6,9H,1-4H2. The first-order valence-electron chi connectivity index (χ1n) is 3.69. The highest BCUT2D eigenvalue weighted by Gasteiger charge is 2.26. The van der Waals surface area contributed by atoms with Crippen LogP contribution in [0.25, 0.3) is 0 Å². The van der Waals surface area contributed by atoms with Crippen LogP contribution < -0.4 is 5.32 Å². The first kappa shape index (κ1) is 9.85. The van der Waals surface area contributed by atoms with Crippen LogP contribution in [0.2, 0.25) is 0 Å².